The summed E-state index contributed by atoms with van der Waals surface area (Å²) < 4.78 is 3.00. The van der Waals surface area contributed by atoms with Gasteiger partial charge in [0.15, 0.2) is 4.77 Å². The molecule has 1 aliphatic carbocycles. The first-order valence-corrected chi connectivity index (χ1v) is 8.91. The van der Waals surface area contributed by atoms with Crippen LogP contribution in [0.2, 0.25) is 0 Å². The lowest BCUT2D eigenvalue weighted by Gasteiger charge is -2.29. The van der Waals surface area contributed by atoms with Crippen LogP contribution in [0.25, 0.3) is 0 Å². The minimum atomic E-state index is 0.387. The summed E-state index contributed by atoms with van der Waals surface area (Å²) in [5.74, 6) is 0.996. The van der Waals surface area contributed by atoms with Gasteiger partial charge in [0.2, 0.25) is 5.95 Å². The summed E-state index contributed by atoms with van der Waals surface area (Å²) in [5.41, 5.74) is 0. The molecule has 2 aromatic rings. The second-order valence-electron chi connectivity index (χ2n) is 5.94. The van der Waals surface area contributed by atoms with Crippen LogP contribution in [0.4, 0.5) is 5.95 Å². The van der Waals surface area contributed by atoms with Gasteiger partial charge in [-0.25, -0.2) is 5.10 Å². The fourth-order valence-electron chi connectivity index (χ4n) is 3.05. The molecule has 0 unspecified atom stereocenters. The second-order valence-corrected chi connectivity index (χ2v) is 7.36. The Morgan fingerprint density at radius 1 is 1.48 bits per heavy atom. The lowest BCUT2D eigenvalue weighted by Crippen LogP contribution is -2.33. The van der Waals surface area contributed by atoms with Crippen molar-refractivity contribution in [2.45, 2.75) is 58.2 Å². The zero-order valence-corrected chi connectivity index (χ0v) is 14.2. The Labute approximate surface area is 134 Å². The van der Waals surface area contributed by atoms with Gasteiger partial charge in [-0.1, -0.05) is 18.9 Å². The lowest BCUT2D eigenvalue weighted by atomic mass is 10.2. The van der Waals surface area contributed by atoms with Crippen LogP contribution in [0, 0.1) is 4.77 Å². The first-order chi connectivity index (χ1) is 10.2. The lowest BCUT2D eigenvalue weighted by molar-refractivity contribution is 0.498. The predicted molar refractivity (Wildman–Crippen MR) is 90.6 cm³/mol. The Balaban J connectivity index is 1.94. The van der Waals surface area contributed by atoms with E-state index in [4.69, 9.17) is 12.2 Å². The Kier molecular flexibility index (Phi) is 4.45. The van der Waals surface area contributed by atoms with Crippen molar-refractivity contribution in [2.24, 2.45) is 0 Å². The Hall–Kier alpha value is -1.14. The summed E-state index contributed by atoms with van der Waals surface area (Å²) >= 11 is 7.28. The fraction of sp³-hybridized carbons (Fsp3) is 0.600. The first-order valence-electron chi connectivity index (χ1n) is 7.62. The molecule has 4 nitrogen and oxygen atoms in total. The molecule has 0 saturated heterocycles. The van der Waals surface area contributed by atoms with Crippen molar-refractivity contribution >= 4 is 29.5 Å². The molecule has 0 aromatic carbocycles. The van der Waals surface area contributed by atoms with Gasteiger partial charge >= 0.3 is 0 Å². The van der Waals surface area contributed by atoms with E-state index in [1.165, 1.54) is 30.6 Å². The summed E-state index contributed by atoms with van der Waals surface area (Å²) in [4.78, 5) is 3.70. The summed E-state index contributed by atoms with van der Waals surface area (Å²) in [5, 5.41) is 9.67. The number of aromatic amines is 1. The maximum Gasteiger partial charge on any atom is 0.226 e. The van der Waals surface area contributed by atoms with E-state index < -0.39 is 0 Å². The number of rotatable bonds is 5. The number of hydrogen-bond donors (Lipinski definition) is 1. The van der Waals surface area contributed by atoms with Crippen LogP contribution in [-0.4, -0.2) is 20.8 Å². The van der Waals surface area contributed by atoms with Gasteiger partial charge < -0.3 is 4.90 Å². The van der Waals surface area contributed by atoms with Crippen LogP contribution in [0.15, 0.2) is 17.5 Å². The number of aromatic nitrogens is 3. The van der Waals surface area contributed by atoms with Gasteiger partial charge in [0, 0.05) is 17.0 Å². The summed E-state index contributed by atoms with van der Waals surface area (Å²) in [6.07, 6.45) is 5.02. The van der Waals surface area contributed by atoms with Crippen molar-refractivity contribution in [3.05, 3.63) is 27.2 Å². The van der Waals surface area contributed by atoms with Gasteiger partial charge in [-0.05, 0) is 50.4 Å². The zero-order valence-electron chi connectivity index (χ0n) is 12.6. The van der Waals surface area contributed by atoms with Crippen LogP contribution in [0.5, 0.6) is 0 Å². The third-order valence-electron chi connectivity index (χ3n) is 4.16. The smallest absolute Gasteiger partial charge is 0.226 e. The van der Waals surface area contributed by atoms with E-state index in [0.717, 1.165) is 17.3 Å². The third-order valence-corrected chi connectivity index (χ3v) is 5.31. The van der Waals surface area contributed by atoms with Gasteiger partial charge in [-0.3, -0.25) is 4.57 Å². The molecule has 0 atom stereocenters. The number of hydrogen-bond acceptors (Lipinski definition) is 4. The van der Waals surface area contributed by atoms with Crippen LogP contribution in [0.3, 0.4) is 0 Å². The van der Waals surface area contributed by atoms with Crippen molar-refractivity contribution in [1.29, 1.82) is 0 Å². The van der Waals surface area contributed by atoms with Gasteiger partial charge in [-0.2, -0.15) is 0 Å². The monoisotopic (exact) mass is 322 g/mol. The minimum absolute atomic E-state index is 0.387. The molecule has 21 heavy (non-hydrogen) atoms. The van der Waals surface area contributed by atoms with Gasteiger partial charge in [0.05, 0.1) is 6.54 Å². The average Bonchev–Trinajstić information content (AvgIpc) is 3.17. The van der Waals surface area contributed by atoms with Crippen molar-refractivity contribution in [3.63, 3.8) is 0 Å². The molecular formula is C15H22N4S2. The Bertz CT molecular complexity index is 620. The first kappa shape index (κ1) is 14.8. The van der Waals surface area contributed by atoms with Crippen LogP contribution in [0.1, 0.15) is 50.4 Å². The van der Waals surface area contributed by atoms with Crippen LogP contribution < -0.4 is 4.90 Å². The van der Waals surface area contributed by atoms with Crippen LogP contribution >= 0.6 is 23.6 Å². The molecule has 1 aliphatic rings. The quantitative estimate of drug-likeness (QED) is 0.822. The second kappa shape index (κ2) is 6.32. The third kappa shape index (κ3) is 3.06. The standard InChI is InChI=1S/C15H22N4S2/c1-11(2)18(10-13-8-5-9-21-13)14-16-17-15(20)19(14)12-6-3-4-7-12/h5,8-9,11-12H,3-4,6-7,10H2,1-2H3,(H,17,20). The van der Waals surface area contributed by atoms with E-state index in [1.807, 2.05) is 0 Å². The molecule has 2 aromatic heterocycles. The highest BCUT2D eigenvalue weighted by atomic mass is 32.1. The highest BCUT2D eigenvalue weighted by Crippen LogP contribution is 2.33. The fourth-order valence-corrected chi connectivity index (χ4v) is 4.02. The SMILES string of the molecule is CC(C)N(Cc1cccs1)c1n[nH]c(=S)n1C1CCCC1. The van der Waals surface area contributed by atoms with Crippen LogP contribution in [-0.2, 0) is 6.54 Å². The molecule has 0 spiro atoms. The number of nitrogens with one attached hydrogen (secondary N) is 1. The molecule has 2 heterocycles. The van der Waals surface area contributed by atoms with Crippen molar-refractivity contribution < 1.29 is 0 Å². The van der Waals surface area contributed by atoms with Crippen molar-refractivity contribution in [3.8, 4) is 0 Å². The van der Waals surface area contributed by atoms with Gasteiger partial charge in [0.25, 0.3) is 0 Å². The molecule has 0 amide bonds. The molecule has 0 aliphatic heterocycles. The maximum atomic E-state index is 5.48. The Morgan fingerprint density at radius 3 is 2.86 bits per heavy atom. The number of H-pyrrole nitrogens is 1. The highest BCUT2D eigenvalue weighted by Gasteiger charge is 2.25. The van der Waals surface area contributed by atoms with Gasteiger partial charge in [-0.15, -0.1) is 16.4 Å². The number of nitrogens with zero attached hydrogens (tertiary/aromatic N) is 3. The number of anilines is 1. The Morgan fingerprint density at radius 2 is 2.24 bits per heavy atom. The predicted octanol–water partition coefficient (Wildman–Crippen LogP) is 4.53. The van der Waals surface area contributed by atoms with E-state index in [-0.39, 0.29) is 0 Å². The van der Waals surface area contributed by atoms with Gasteiger partial charge in [0.1, 0.15) is 0 Å². The topological polar surface area (TPSA) is 36.9 Å². The van der Waals surface area contributed by atoms with E-state index in [2.05, 4.69) is 51.0 Å². The summed E-state index contributed by atoms with van der Waals surface area (Å²) in [6, 6.07) is 5.18. The van der Waals surface area contributed by atoms with Crippen molar-refractivity contribution in [1.82, 2.24) is 14.8 Å². The summed E-state index contributed by atoms with van der Waals surface area (Å²) in [6.45, 7) is 5.32. The molecule has 1 fully saturated rings. The molecule has 3 rings (SSSR count). The molecule has 0 radical (unpaired) electrons. The number of thiophene rings is 1. The molecular weight excluding hydrogens is 300 g/mol. The van der Waals surface area contributed by atoms with Crippen molar-refractivity contribution in [2.75, 3.05) is 4.90 Å². The normalized spacial score (nSPS) is 16.0. The maximum absolute atomic E-state index is 5.48. The molecule has 0 bridgehead atoms. The minimum Gasteiger partial charge on any atom is -0.333 e. The largest absolute Gasteiger partial charge is 0.333 e. The van der Waals surface area contributed by atoms with E-state index >= 15 is 0 Å². The molecule has 6 heteroatoms. The highest BCUT2D eigenvalue weighted by molar-refractivity contribution is 7.71. The summed E-state index contributed by atoms with van der Waals surface area (Å²) in [7, 11) is 0. The van der Waals surface area contributed by atoms with E-state index in [0.29, 0.717) is 12.1 Å². The van der Waals surface area contributed by atoms with E-state index in [1.54, 1.807) is 11.3 Å². The molecule has 1 N–H and O–H groups in total. The zero-order chi connectivity index (χ0) is 14.8. The van der Waals surface area contributed by atoms with E-state index in [9.17, 15) is 0 Å². The average molecular weight is 323 g/mol. The molecule has 1 saturated carbocycles. The molecule has 114 valence electrons.